The summed E-state index contributed by atoms with van der Waals surface area (Å²) in [5, 5.41) is 11.2. The van der Waals surface area contributed by atoms with E-state index in [1.807, 2.05) is 36.1 Å². The van der Waals surface area contributed by atoms with Crippen LogP contribution in [0.25, 0.3) is 0 Å². The number of ether oxygens (including phenoxy) is 3. The van der Waals surface area contributed by atoms with Crippen LogP contribution in [0.1, 0.15) is 26.7 Å². The third-order valence-electron chi connectivity index (χ3n) is 4.92. The number of carbonyl (C=O) groups excluding carboxylic acids is 3. The fourth-order valence-electron chi connectivity index (χ4n) is 2.93. The lowest BCUT2D eigenvalue weighted by atomic mass is 10.2. The zero-order valence-electron chi connectivity index (χ0n) is 20.9. The van der Waals surface area contributed by atoms with Crippen molar-refractivity contribution in [1.82, 2.24) is 0 Å². The van der Waals surface area contributed by atoms with E-state index in [9.17, 15) is 19.3 Å². The maximum atomic E-state index is 11.9. The van der Waals surface area contributed by atoms with Gasteiger partial charge in [-0.05, 0) is 67.6 Å². The van der Waals surface area contributed by atoms with Crippen molar-refractivity contribution >= 4 is 40.7 Å². The summed E-state index contributed by atoms with van der Waals surface area (Å²) in [6.07, 6.45) is -0.233. The molecule has 0 aliphatic carbocycles. The number of carbonyl (C=O) groups is 3. The minimum atomic E-state index is -0.578. The van der Waals surface area contributed by atoms with Gasteiger partial charge in [0.15, 0.2) is 0 Å². The maximum Gasteiger partial charge on any atom is 0.333 e. The minimum absolute atomic E-state index is 0.0766. The number of benzene rings is 2. The normalized spacial score (nSPS) is 10.5. The van der Waals surface area contributed by atoms with Gasteiger partial charge in [0.25, 0.3) is 0 Å². The van der Waals surface area contributed by atoms with Crippen LogP contribution >= 0.6 is 0 Å². The fraction of sp³-hybridized carbons (Fsp3) is 0.346. The molecule has 0 unspecified atom stereocenters. The molecule has 0 aliphatic rings. The van der Waals surface area contributed by atoms with Crippen LogP contribution in [0.4, 0.5) is 22.7 Å². The Balaban J connectivity index is 1.69. The average Bonchev–Trinajstić information content (AvgIpc) is 2.91. The van der Waals surface area contributed by atoms with Gasteiger partial charge < -0.3 is 19.1 Å². The lowest BCUT2D eigenvalue weighted by molar-refractivity contribution is -0.152. The summed E-state index contributed by atoms with van der Waals surface area (Å²) in [6, 6.07) is 13.9. The Hall–Kier alpha value is -4.41. The molecule has 0 spiro atoms. The van der Waals surface area contributed by atoms with E-state index >= 15 is 0 Å². The van der Waals surface area contributed by atoms with Crippen molar-refractivity contribution in [3.8, 4) is 0 Å². The lowest BCUT2D eigenvalue weighted by Crippen LogP contribution is -2.28. The third kappa shape index (κ3) is 10.8. The standard InChI is InChI=1S/C26H30N4O7/c1-4-30(15-16-35-24(31)13-14-25(32)36-17-18-37-26(33)19(2)3)23-11-9-21(10-12-23)28-27-20-5-7-22(29-34)8-6-20/h5-12H,2,4,13-18H2,1,3H3. The smallest absolute Gasteiger partial charge is 0.333 e. The maximum absolute atomic E-state index is 11.9. The number of rotatable bonds is 15. The quantitative estimate of drug-likeness (QED) is 0.0785. The van der Waals surface area contributed by atoms with E-state index in [0.717, 1.165) is 5.69 Å². The molecular weight excluding hydrogens is 480 g/mol. The summed E-state index contributed by atoms with van der Waals surface area (Å²) in [4.78, 5) is 47.4. The molecule has 37 heavy (non-hydrogen) atoms. The topological polar surface area (TPSA) is 136 Å². The summed E-state index contributed by atoms with van der Waals surface area (Å²) >= 11 is 0. The molecule has 0 saturated heterocycles. The van der Waals surface area contributed by atoms with Gasteiger partial charge in [-0.25, -0.2) is 4.79 Å². The SMILES string of the molecule is C=C(C)C(=O)OCCOC(=O)CCC(=O)OCCN(CC)c1ccc(N=Nc2ccc(N=O)cc2)cc1. The van der Waals surface area contributed by atoms with Crippen molar-refractivity contribution in [2.24, 2.45) is 15.4 Å². The molecule has 0 atom stereocenters. The molecule has 11 heteroatoms. The number of azo groups is 1. The monoisotopic (exact) mass is 510 g/mol. The molecule has 0 heterocycles. The highest BCUT2D eigenvalue weighted by Crippen LogP contribution is 2.23. The molecule has 0 amide bonds. The van der Waals surface area contributed by atoms with Gasteiger partial charge in [0.1, 0.15) is 25.5 Å². The Bertz CT molecular complexity index is 1100. The van der Waals surface area contributed by atoms with Gasteiger partial charge in [0.2, 0.25) is 0 Å². The molecule has 0 N–H and O–H groups in total. The van der Waals surface area contributed by atoms with Crippen LogP contribution in [0.2, 0.25) is 0 Å². The van der Waals surface area contributed by atoms with Crippen molar-refractivity contribution in [3.05, 3.63) is 65.6 Å². The number of nitrogens with zero attached hydrogens (tertiary/aromatic N) is 4. The van der Waals surface area contributed by atoms with Crippen molar-refractivity contribution < 1.29 is 28.6 Å². The van der Waals surface area contributed by atoms with Gasteiger partial charge in [0.05, 0.1) is 30.8 Å². The lowest BCUT2D eigenvalue weighted by Gasteiger charge is -2.22. The first-order chi connectivity index (χ1) is 17.8. The van der Waals surface area contributed by atoms with Gasteiger partial charge in [-0.2, -0.15) is 10.2 Å². The summed E-state index contributed by atoms with van der Waals surface area (Å²) in [5.41, 5.74) is 2.77. The summed E-state index contributed by atoms with van der Waals surface area (Å²) in [6.45, 7) is 8.10. The Morgan fingerprint density at radius 3 is 1.78 bits per heavy atom. The molecule has 0 bridgehead atoms. The molecule has 0 aliphatic heterocycles. The summed E-state index contributed by atoms with van der Waals surface area (Å²) in [7, 11) is 0. The highest BCUT2D eigenvalue weighted by molar-refractivity contribution is 5.86. The number of likely N-dealkylation sites (N-methyl/N-ethyl adjacent to an activating group) is 1. The molecular formula is C26H30N4O7. The van der Waals surface area contributed by atoms with Crippen molar-refractivity contribution in [3.63, 3.8) is 0 Å². The third-order valence-corrected chi connectivity index (χ3v) is 4.92. The van der Waals surface area contributed by atoms with Crippen molar-refractivity contribution in [2.75, 3.05) is 37.8 Å². The van der Waals surface area contributed by atoms with Crippen LogP contribution in [0.3, 0.4) is 0 Å². The predicted molar refractivity (Wildman–Crippen MR) is 137 cm³/mol. The first kappa shape index (κ1) is 28.8. The molecule has 11 nitrogen and oxygen atoms in total. The zero-order valence-corrected chi connectivity index (χ0v) is 20.9. The van der Waals surface area contributed by atoms with E-state index < -0.39 is 17.9 Å². The second kappa shape index (κ2) is 15.6. The average molecular weight is 511 g/mol. The molecule has 2 aromatic rings. The zero-order chi connectivity index (χ0) is 27.0. The number of anilines is 1. The van der Waals surface area contributed by atoms with Crippen LogP contribution in [0.15, 0.2) is 76.1 Å². The van der Waals surface area contributed by atoms with Gasteiger partial charge >= 0.3 is 17.9 Å². The summed E-state index contributed by atoms with van der Waals surface area (Å²) < 4.78 is 15.0. The van der Waals surface area contributed by atoms with E-state index in [2.05, 4.69) is 22.0 Å². The Morgan fingerprint density at radius 1 is 0.784 bits per heavy atom. The Kier molecular flexibility index (Phi) is 12.1. The van der Waals surface area contributed by atoms with Gasteiger partial charge in [-0.15, -0.1) is 4.91 Å². The van der Waals surface area contributed by atoms with E-state index in [0.29, 0.717) is 30.2 Å². The minimum Gasteiger partial charge on any atom is -0.464 e. The molecule has 0 saturated carbocycles. The largest absolute Gasteiger partial charge is 0.464 e. The molecule has 0 aromatic heterocycles. The number of nitroso groups, excluding NO2 is 1. The van der Waals surface area contributed by atoms with Crippen molar-refractivity contribution in [1.29, 1.82) is 0 Å². The molecule has 2 rings (SSSR count). The first-order valence-corrected chi connectivity index (χ1v) is 11.7. The van der Waals surface area contributed by atoms with Gasteiger partial charge in [-0.3, -0.25) is 9.59 Å². The molecule has 2 aromatic carbocycles. The second-order valence-corrected chi connectivity index (χ2v) is 7.76. The fourth-order valence-corrected chi connectivity index (χ4v) is 2.93. The van der Waals surface area contributed by atoms with E-state index in [1.54, 1.807) is 24.3 Å². The first-order valence-electron chi connectivity index (χ1n) is 11.7. The second-order valence-electron chi connectivity index (χ2n) is 7.76. The highest BCUT2D eigenvalue weighted by Gasteiger charge is 2.11. The van der Waals surface area contributed by atoms with E-state index in [4.69, 9.17) is 14.2 Å². The van der Waals surface area contributed by atoms with E-state index in [-0.39, 0.29) is 38.2 Å². The summed E-state index contributed by atoms with van der Waals surface area (Å²) in [5.74, 6) is -1.64. The van der Waals surface area contributed by atoms with Crippen LogP contribution in [-0.4, -0.2) is 50.8 Å². The number of hydrogen-bond donors (Lipinski definition) is 0. The van der Waals surface area contributed by atoms with Gasteiger partial charge in [-0.1, -0.05) is 6.58 Å². The van der Waals surface area contributed by atoms with Crippen LogP contribution in [-0.2, 0) is 28.6 Å². The van der Waals surface area contributed by atoms with Crippen molar-refractivity contribution in [2.45, 2.75) is 26.7 Å². The Morgan fingerprint density at radius 2 is 1.27 bits per heavy atom. The molecule has 0 fully saturated rings. The van der Waals surface area contributed by atoms with Crippen LogP contribution < -0.4 is 4.90 Å². The number of hydrogen-bond acceptors (Lipinski definition) is 11. The highest BCUT2D eigenvalue weighted by atomic mass is 16.6. The van der Waals surface area contributed by atoms with Crippen LogP contribution in [0, 0.1) is 4.91 Å². The van der Waals surface area contributed by atoms with E-state index in [1.165, 1.54) is 6.92 Å². The predicted octanol–water partition coefficient (Wildman–Crippen LogP) is 5.31. The number of esters is 3. The molecule has 196 valence electrons. The molecule has 0 radical (unpaired) electrons. The van der Waals surface area contributed by atoms with Gasteiger partial charge in [0, 0.05) is 17.8 Å². The Labute approximate surface area is 215 Å². The van der Waals surface area contributed by atoms with Crippen LogP contribution in [0.5, 0.6) is 0 Å².